The summed E-state index contributed by atoms with van der Waals surface area (Å²) in [6, 6.07) is 0. The predicted octanol–water partition coefficient (Wildman–Crippen LogP) is 2.71. The molecule has 2 aromatic heterocycles. The monoisotopic (exact) mass is 285 g/mol. The van der Waals surface area contributed by atoms with Gasteiger partial charge in [-0.25, -0.2) is 14.3 Å². The third-order valence-electron chi connectivity index (χ3n) is 3.59. The molecule has 0 bridgehead atoms. The molecule has 5 nitrogen and oxygen atoms in total. The molecule has 2 aromatic rings. The van der Waals surface area contributed by atoms with E-state index in [4.69, 9.17) is 5.11 Å². The van der Waals surface area contributed by atoms with Gasteiger partial charge in [0, 0.05) is 12.1 Å². The molecule has 0 spiro atoms. The van der Waals surface area contributed by atoms with Gasteiger partial charge >= 0.3 is 12.1 Å². The summed E-state index contributed by atoms with van der Waals surface area (Å²) in [6.45, 7) is 0. The van der Waals surface area contributed by atoms with E-state index >= 15 is 0 Å². The summed E-state index contributed by atoms with van der Waals surface area (Å²) < 4.78 is 39.5. The molecule has 0 atom stereocenters. The van der Waals surface area contributed by atoms with Gasteiger partial charge in [-0.05, 0) is 12.8 Å². The van der Waals surface area contributed by atoms with Gasteiger partial charge < -0.3 is 5.11 Å². The smallest absolute Gasteiger partial charge is 0.421 e. The van der Waals surface area contributed by atoms with Crippen molar-refractivity contribution in [3.8, 4) is 0 Å². The van der Waals surface area contributed by atoms with Crippen molar-refractivity contribution in [3.05, 3.63) is 29.2 Å². The van der Waals surface area contributed by atoms with E-state index in [9.17, 15) is 18.0 Å². The average Bonchev–Trinajstić information content (AvgIpc) is 2.69. The van der Waals surface area contributed by atoms with Gasteiger partial charge in [0.15, 0.2) is 5.65 Å². The molecule has 1 N–H and O–H groups in total. The lowest BCUT2D eigenvalue weighted by Gasteiger charge is -2.27. The summed E-state index contributed by atoms with van der Waals surface area (Å²) in [4.78, 5) is 14.8. The third kappa shape index (κ3) is 1.83. The lowest BCUT2D eigenvalue weighted by atomic mass is 9.81. The number of carboxylic acid groups (broad SMARTS) is 1. The molecule has 1 aliphatic carbocycles. The van der Waals surface area contributed by atoms with Crippen LogP contribution < -0.4 is 0 Å². The zero-order valence-corrected chi connectivity index (χ0v) is 10.2. The highest BCUT2D eigenvalue weighted by atomic mass is 19.4. The van der Waals surface area contributed by atoms with Crippen molar-refractivity contribution in [2.45, 2.75) is 31.4 Å². The molecule has 1 fully saturated rings. The van der Waals surface area contributed by atoms with Gasteiger partial charge in [-0.2, -0.15) is 18.3 Å². The van der Waals surface area contributed by atoms with E-state index in [1.54, 1.807) is 0 Å². The van der Waals surface area contributed by atoms with Crippen LogP contribution in [-0.4, -0.2) is 25.7 Å². The molecule has 0 amide bonds. The molecule has 20 heavy (non-hydrogen) atoms. The first-order valence-corrected chi connectivity index (χ1v) is 6.06. The molecule has 1 saturated carbocycles. The van der Waals surface area contributed by atoms with Crippen molar-refractivity contribution in [1.29, 1.82) is 0 Å². The molecule has 3 rings (SSSR count). The molecular weight excluding hydrogens is 275 g/mol. The van der Waals surface area contributed by atoms with Crippen LogP contribution in [0.15, 0.2) is 12.4 Å². The zero-order valence-electron chi connectivity index (χ0n) is 10.2. The Morgan fingerprint density at radius 3 is 2.55 bits per heavy atom. The van der Waals surface area contributed by atoms with Gasteiger partial charge in [0.05, 0.1) is 17.5 Å². The minimum absolute atomic E-state index is 0.0763. The maximum Gasteiger partial charge on any atom is 0.421 e. The summed E-state index contributed by atoms with van der Waals surface area (Å²) >= 11 is 0. The second kappa shape index (κ2) is 4.19. The Bertz CT molecular complexity index is 689. The third-order valence-corrected chi connectivity index (χ3v) is 3.59. The van der Waals surface area contributed by atoms with Crippen molar-refractivity contribution < 1.29 is 23.1 Å². The fraction of sp³-hybridized carbons (Fsp3) is 0.417. The molecule has 0 aromatic carbocycles. The standard InChI is InChI=1S/C12H10F3N3O2/c13-12(14,15)8-5-17-18-9(6-2-1-3-6)7(11(19)20)4-16-10(8)18/h4-6H,1-3H2,(H,19,20). The highest BCUT2D eigenvalue weighted by Crippen LogP contribution is 2.39. The van der Waals surface area contributed by atoms with Crippen molar-refractivity contribution >= 4 is 11.6 Å². The van der Waals surface area contributed by atoms with E-state index in [0.29, 0.717) is 11.9 Å². The largest absolute Gasteiger partial charge is 0.478 e. The number of alkyl halides is 3. The SMILES string of the molecule is O=C(O)c1cnc2c(C(F)(F)F)cnn2c1C1CCC1. The molecule has 0 saturated heterocycles. The van der Waals surface area contributed by atoms with Crippen LogP contribution in [0.1, 0.15) is 46.8 Å². The van der Waals surface area contributed by atoms with E-state index in [-0.39, 0.29) is 17.1 Å². The van der Waals surface area contributed by atoms with E-state index < -0.39 is 17.7 Å². The Kier molecular flexibility index (Phi) is 2.70. The molecule has 106 valence electrons. The van der Waals surface area contributed by atoms with Crippen LogP contribution in [0.3, 0.4) is 0 Å². The quantitative estimate of drug-likeness (QED) is 0.921. The first kappa shape index (κ1) is 12.9. The van der Waals surface area contributed by atoms with Crippen molar-refractivity contribution in [2.75, 3.05) is 0 Å². The number of nitrogens with zero attached hydrogens (tertiary/aromatic N) is 3. The topological polar surface area (TPSA) is 67.5 Å². The maximum atomic E-state index is 12.8. The van der Waals surface area contributed by atoms with Gasteiger partial charge in [-0.15, -0.1) is 0 Å². The number of aromatic nitrogens is 3. The molecule has 0 aliphatic heterocycles. The summed E-state index contributed by atoms with van der Waals surface area (Å²) in [7, 11) is 0. The van der Waals surface area contributed by atoms with Crippen molar-refractivity contribution in [2.24, 2.45) is 0 Å². The van der Waals surface area contributed by atoms with Crippen LogP contribution >= 0.6 is 0 Å². The maximum absolute atomic E-state index is 12.8. The highest BCUT2D eigenvalue weighted by Gasteiger charge is 2.37. The van der Waals surface area contributed by atoms with Crippen LogP contribution in [0.5, 0.6) is 0 Å². The molecular formula is C12H10F3N3O2. The van der Waals surface area contributed by atoms with Crippen molar-refractivity contribution in [1.82, 2.24) is 14.6 Å². The first-order chi connectivity index (χ1) is 9.39. The van der Waals surface area contributed by atoms with Gasteiger partial charge in [-0.1, -0.05) is 6.42 Å². The summed E-state index contributed by atoms with van der Waals surface area (Å²) in [6.07, 6.45) is -0.448. The number of aromatic carboxylic acids is 1. The van der Waals surface area contributed by atoms with Gasteiger partial charge in [0.2, 0.25) is 0 Å². The summed E-state index contributed by atoms with van der Waals surface area (Å²) in [5.41, 5.74) is -1.07. The predicted molar refractivity (Wildman–Crippen MR) is 61.5 cm³/mol. The molecule has 0 unspecified atom stereocenters. The summed E-state index contributed by atoms with van der Waals surface area (Å²) in [5.74, 6) is -1.28. The van der Waals surface area contributed by atoms with Crippen molar-refractivity contribution in [3.63, 3.8) is 0 Å². The second-order valence-corrected chi connectivity index (χ2v) is 4.78. The second-order valence-electron chi connectivity index (χ2n) is 4.78. The molecule has 1 aliphatic rings. The van der Waals surface area contributed by atoms with Crippen LogP contribution in [0.2, 0.25) is 0 Å². The Labute approximate surface area is 111 Å². The average molecular weight is 285 g/mol. The van der Waals surface area contributed by atoms with Crippen LogP contribution in [-0.2, 0) is 6.18 Å². The number of carboxylic acids is 1. The van der Waals surface area contributed by atoms with Crippen LogP contribution in [0.4, 0.5) is 13.2 Å². The number of rotatable bonds is 2. The minimum Gasteiger partial charge on any atom is -0.478 e. The van der Waals surface area contributed by atoms with E-state index in [2.05, 4.69) is 10.1 Å². The number of halogens is 3. The minimum atomic E-state index is -4.56. The van der Waals surface area contributed by atoms with E-state index in [1.165, 1.54) is 0 Å². The number of fused-ring (bicyclic) bond motifs is 1. The van der Waals surface area contributed by atoms with Gasteiger partial charge in [0.1, 0.15) is 5.56 Å². The Morgan fingerprint density at radius 2 is 2.05 bits per heavy atom. The normalized spacial score (nSPS) is 16.4. The number of hydrogen-bond donors (Lipinski definition) is 1. The lowest BCUT2D eigenvalue weighted by Crippen LogP contribution is -2.19. The molecule has 2 heterocycles. The molecule has 8 heteroatoms. The number of carbonyl (C=O) groups is 1. The van der Waals surface area contributed by atoms with Crippen LogP contribution in [0, 0.1) is 0 Å². The Hall–Kier alpha value is -2.12. The first-order valence-electron chi connectivity index (χ1n) is 6.06. The summed E-state index contributed by atoms with van der Waals surface area (Å²) in [5, 5.41) is 12.9. The van der Waals surface area contributed by atoms with Gasteiger partial charge in [-0.3, -0.25) is 0 Å². The highest BCUT2D eigenvalue weighted by molar-refractivity contribution is 5.89. The fourth-order valence-electron chi connectivity index (χ4n) is 2.39. The van der Waals surface area contributed by atoms with E-state index in [1.807, 2.05) is 0 Å². The fourth-order valence-corrected chi connectivity index (χ4v) is 2.39. The van der Waals surface area contributed by atoms with E-state index in [0.717, 1.165) is 30.0 Å². The lowest BCUT2D eigenvalue weighted by molar-refractivity contribution is -0.136. The Balaban J connectivity index is 2.27. The van der Waals surface area contributed by atoms with Gasteiger partial charge in [0.25, 0.3) is 0 Å². The number of hydrogen-bond acceptors (Lipinski definition) is 3. The molecule has 0 radical (unpaired) electrons. The van der Waals surface area contributed by atoms with Crippen LogP contribution in [0.25, 0.3) is 5.65 Å². The Morgan fingerprint density at radius 1 is 1.35 bits per heavy atom. The zero-order chi connectivity index (χ0) is 14.5.